The lowest BCUT2D eigenvalue weighted by atomic mass is 10.7. The number of ether oxygens (including phenoxy) is 1. The van der Waals surface area contributed by atoms with Gasteiger partial charge in [0, 0.05) is 13.2 Å². The van der Waals surface area contributed by atoms with Crippen LogP contribution in [-0.4, -0.2) is 43.2 Å². The number of hydrogen-bond donors (Lipinski definition) is 3. The molecule has 0 unspecified atom stereocenters. The van der Waals surface area contributed by atoms with Crippen LogP contribution in [0.4, 0.5) is 0 Å². The molecule has 0 fully saturated rings. The quantitative estimate of drug-likeness (QED) is 0.448. The Morgan fingerprint density at radius 2 is 1.80 bits per heavy atom. The molecular weight excluding hydrogens is 134 g/mol. The minimum Gasteiger partial charge on any atom is -0.397 e. The van der Waals surface area contributed by atoms with Crippen molar-refractivity contribution in [1.82, 2.24) is 0 Å². The normalized spacial score (nSPS) is 8.40. The van der Waals surface area contributed by atoms with Gasteiger partial charge >= 0.3 is 0 Å². The Morgan fingerprint density at radius 3 is 2.10 bits per heavy atom. The molecule has 4 nitrogen and oxygen atoms in total. The van der Waals surface area contributed by atoms with Crippen LogP contribution in [-0.2, 0) is 4.74 Å². The first-order valence-corrected chi connectivity index (χ1v) is 3.33. The first-order chi connectivity index (χ1) is 4.83. The van der Waals surface area contributed by atoms with Gasteiger partial charge in [-0.25, -0.2) is 0 Å². The Bertz CT molecular complexity index is 40.0. The monoisotopic (exact) mass is 151 g/mol. The first kappa shape index (κ1) is 12.5. The van der Waals surface area contributed by atoms with Gasteiger partial charge in [-0.05, 0) is 6.92 Å². The van der Waals surface area contributed by atoms with Crippen molar-refractivity contribution in [1.29, 1.82) is 0 Å². The summed E-state index contributed by atoms with van der Waals surface area (Å²) in [6, 6.07) is 0. The minimum atomic E-state index is 0.0833. The van der Waals surface area contributed by atoms with Crippen LogP contribution in [0.5, 0.6) is 0 Å². The fraction of sp³-hybridized carbons (Fsp3) is 1.00. The second kappa shape index (κ2) is 15.9. The predicted molar refractivity (Wildman–Crippen MR) is 39.7 cm³/mol. The third-order valence-corrected chi connectivity index (χ3v) is 0.498. The van der Waals surface area contributed by atoms with E-state index in [0.29, 0.717) is 19.8 Å². The van der Waals surface area contributed by atoms with E-state index in [1.54, 1.807) is 6.92 Å². The maximum Gasteiger partial charge on any atom is 0.0698 e. The Balaban J connectivity index is 0. The van der Waals surface area contributed by atoms with E-state index in [1.807, 2.05) is 0 Å². The molecule has 0 rings (SSSR count). The predicted octanol–water partition coefficient (Wildman–Crippen LogP) is -1.05. The van der Waals surface area contributed by atoms with Crippen molar-refractivity contribution in [2.75, 3.05) is 33.0 Å². The molecule has 64 valence electrons. The number of rotatable bonds is 4. The van der Waals surface area contributed by atoms with Gasteiger partial charge in [0.05, 0.1) is 19.8 Å². The summed E-state index contributed by atoms with van der Waals surface area (Å²) >= 11 is 0. The minimum absolute atomic E-state index is 0.0833. The number of aliphatic hydroxyl groups excluding tert-OH is 2. The summed E-state index contributed by atoms with van der Waals surface area (Å²) in [7, 11) is 0. The van der Waals surface area contributed by atoms with Crippen LogP contribution in [0.15, 0.2) is 0 Å². The summed E-state index contributed by atoms with van der Waals surface area (Å²) in [5.74, 6) is 0. The highest BCUT2D eigenvalue weighted by Gasteiger charge is 1.78. The second-order valence-corrected chi connectivity index (χ2v) is 1.44. The number of aliphatic hydroxyl groups is 2. The van der Waals surface area contributed by atoms with Gasteiger partial charge in [0.2, 0.25) is 0 Å². The topological polar surface area (TPSA) is 75.7 Å². The SMILES string of the molecule is CCO.NCCOCCO. The summed E-state index contributed by atoms with van der Waals surface area (Å²) < 4.78 is 4.76. The molecular formula is C6H17NO3. The smallest absolute Gasteiger partial charge is 0.0698 e. The highest BCUT2D eigenvalue weighted by atomic mass is 16.5. The van der Waals surface area contributed by atoms with Crippen LogP contribution < -0.4 is 5.73 Å². The van der Waals surface area contributed by atoms with Crippen molar-refractivity contribution in [3.63, 3.8) is 0 Å². The zero-order valence-corrected chi connectivity index (χ0v) is 6.42. The van der Waals surface area contributed by atoms with E-state index >= 15 is 0 Å². The van der Waals surface area contributed by atoms with E-state index in [9.17, 15) is 0 Å². The van der Waals surface area contributed by atoms with Gasteiger partial charge in [0.15, 0.2) is 0 Å². The van der Waals surface area contributed by atoms with Crippen molar-refractivity contribution >= 4 is 0 Å². The lowest BCUT2D eigenvalue weighted by molar-refractivity contribution is 0.0976. The Kier molecular flexibility index (Phi) is 19.9. The molecule has 0 heterocycles. The van der Waals surface area contributed by atoms with Crippen LogP contribution in [0.1, 0.15) is 6.92 Å². The molecule has 0 aromatic heterocycles. The zero-order chi connectivity index (χ0) is 8.24. The average Bonchev–Trinajstić information content (AvgIpc) is 1.91. The van der Waals surface area contributed by atoms with E-state index in [0.717, 1.165) is 0 Å². The molecule has 0 amide bonds. The largest absolute Gasteiger partial charge is 0.397 e. The number of hydrogen-bond acceptors (Lipinski definition) is 4. The highest BCUT2D eigenvalue weighted by Crippen LogP contribution is 1.66. The van der Waals surface area contributed by atoms with E-state index < -0.39 is 0 Å². The summed E-state index contributed by atoms with van der Waals surface area (Å²) in [6.45, 7) is 3.48. The molecule has 4 heteroatoms. The number of nitrogens with two attached hydrogens (primary N) is 1. The van der Waals surface area contributed by atoms with E-state index in [4.69, 9.17) is 20.7 Å². The van der Waals surface area contributed by atoms with Gasteiger partial charge in [-0.2, -0.15) is 0 Å². The average molecular weight is 151 g/mol. The van der Waals surface area contributed by atoms with E-state index in [1.165, 1.54) is 0 Å². The van der Waals surface area contributed by atoms with E-state index in [2.05, 4.69) is 0 Å². The van der Waals surface area contributed by atoms with Crippen molar-refractivity contribution in [3.05, 3.63) is 0 Å². The summed E-state index contributed by atoms with van der Waals surface area (Å²) in [5, 5.41) is 15.7. The molecule has 0 aliphatic carbocycles. The third kappa shape index (κ3) is 24.9. The molecule has 4 N–H and O–H groups in total. The van der Waals surface area contributed by atoms with Crippen molar-refractivity contribution in [3.8, 4) is 0 Å². The molecule has 0 aromatic carbocycles. The molecule has 0 spiro atoms. The molecule has 0 radical (unpaired) electrons. The van der Waals surface area contributed by atoms with Crippen LogP contribution in [0, 0.1) is 0 Å². The second-order valence-electron chi connectivity index (χ2n) is 1.44. The van der Waals surface area contributed by atoms with Gasteiger partial charge in [-0.1, -0.05) is 0 Å². The lowest BCUT2D eigenvalue weighted by Gasteiger charge is -1.95. The van der Waals surface area contributed by atoms with Gasteiger partial charge in [-0.3, -0.25) is 0 Å². The Morgan fingerprint density at radius 1 is 1.30 bits per heavy atom. The molecule has 0 aliphatic heterocycles. The molecule has 0 atom stereocenters. The lowest BCUT2D eigenvalue weighted by Crippen LogP contribution is -2.10. The van der Waals surface area contributed by atoms with Gasteiger partial charge in [0.1, 0.15) is 0 Å². The standard InChI is InChI=1S/C4H11NO2.C2H6O/c5-1-3-7-4-2-6;1-2-3/h6H,1-5H2;3H,2H2,1H3. The van der Waals surface area contributed by atoms with E-state index in [-0.39, 0.29) is 13.2 Å². The molecule has 10 heavy (non-hydrogen) atoms. The summed E-state index contributed by atoms with van der Waals surface area (Å²) in [6.07, 6.45) is 0. The zero-order valence-electron chi connectivity index (χ0n) is 6.42. The Labute approximate surface area is 61.6 Å². The van der Waals surface area contributed by atoms with Crippen LogP contribution in [0.2, 0.25) is 0 Å². The maximum atomic E-state index is 8.13. The molecule has 0 saturated heterocycles. The molecule has 0 bridgehead atoms. The molecule has 0 aromatic rings. The van der Waals surface area contributed by atoms with Gasteiger partial charge in [-0.15, -0.1) is 0 Å². The van der Waals surface area contributed by atoms with Crippen molar-refractivity contribution in [2.24, 2.45) is 5.73 Å². The first-order valence-electron chi connectivity index (χ1n) is 3.33. The third-order valence-electron chi connectivity index (χ3n) is 0.498. The van der Waals surface area contributed by atoms with Crippen LogP contribution in [0.3, 0.4) is 0 Å². The molecule has 0 aliphatic rings. The van der Waals surface area contributed by atoms with Crippen molar-refractivity contribution < 1.29 is 14.9 Å². The maximum absolute atomic E-state index is 8.13. The Hall–Kier alpha value is -0.160. The van der Waals surface area contributed by atoms with Crippen LogP contribution >= 0.6 is 0 Å². The molecule has 0 saturated carbocycles. The summed E-state index contributed by atoms with van der Waals surface area (Å²) in [5.41, 5.74) is 5.06. The van der Waals surface area contributed by atoms with Crippen molar-refractivity contribution in [2.45, 2.75) is 6.92 Å². The fourth-order valence-electron chi connectivity index (χ4n) is 0.250. The van der Waals surface area contributed by atoms with Gasteiger partial charge < -0.3 is 20.7 Å². The van der Waals surface area contributed by atoms with Gasteiger partial charge in [0.25, 0.3) is 0 Å². The highest BCUT2D eigenvalue weighted by molar-refractivity contribution is 4.28. The van der Waals surface area contributed by atoms with Crippen LogP contribution in [0.25, 0.3) is 0 Å². The summed E-state index contributed by atoms with van der Waals surface area (Å²) in [4.78, 5) is 0. The fourth-order valence-corrected chi connectivity index (χ4v) is 0.250.